The van der Waals surface area contributed by atoms with Gasteiger partial charge in [0.1, 0.15) is 0 Å². The van der Waals surface area contributed by atoms with Crippen LogP contribution in [-0.4, -0.2) is 21.3 Å². The summed E-state index contributed by atoms with van der Waals surface area (Å²) in [7, 11) is -3.26. The van der Waals surface area contributed by atoms with Crippen molar-refractivity contribution in [2.24, 2.45) is 0 Å². The highest BCUT2D eigenvalue weighted by molar-refractivity contribution is 7.85. The standard InChI is InChI=1S/C9H18O3S/c1-8(2)9(3)6-5-7-12-13(4,10)11/h5-7H2,1-4H3. The highest BCUT2D eigenvalue weighted by atomic mass is 32.2. The van der Waals surface area contributed by atoms with Gasteiger partial charge in [0, 0.05) is 0 Å². The lowest BCUT2D eigenvalue weighted by Gasteiger charge is -2.03. The van der Waals surface area contributed by atoms with Crippen LogP contribution < -0.4 is 0 Å². The lowest BCUT2D eigenvalue weighted by molar-refractivity contribution is 0.315. The minimum Gasteiger partial charge on any atom is -0.270 e. The Morgan fingerprint density at radius 3 is 2.15 bits per heavy atom. The van der Waals surface area contributed by atoms with E-state index in [4.69, 9.17) is 0 Å². The van der Waals surface area contributed by atoms with Crippen molar-refractivity contribution in [2.45, 2.75) is 33.6 Å². The molecule has 0 rings (SSSR count). The molecule has 0 N–H and O–H groups in total. The lowest BCUT2D eigenvalue weighted by atomic mass is 10.1. The Kier molecular flexibility index (Phi) is 5.25. The molecule has 0 aliphatic carbocycles. The van der Waals surface area contributed by atoms with Gasteiger partial charge in [-0.3, -0.25) is 4.18 Å². The van der Waals surface area contributed by atoms with E-state index < -0.39 is 10.1 Å². The van der Waals surface area contributed by atoms with Crippen LogP contribution in [0, 0.1) is 0 Å². The van der Waals surface area contributed by atoms with Crippen molar-refractivity contribution in [3.63, 3.8) is 0 Å². The van der Waals surface area contributed by atoms with E-state index >= 15 is 0 Å². The normalized spacial score (nSPS) is 11.4. The molecular weight excluding hydrogens is 188 g/mol. The van der Waals surface area contributed by atoms with Crippen LogP contribution in [0.15, 0.2) is 11.1 Å². The van der Waals surface area contributed by atoms with E-state index in [9.17, 15) is 8.42 Å². The molecule has 0 unspecified atom stereocenters. The minimum atomic E-state index is -3.26. The predicted octanol–water partition coefficient (Wildman–Crippen LogP) is 2.10. The van der Waals surface area contributed by atoms with E-state index in [2.05, 4.69) is 11.1 Å². The average molecular weight is 206 g/mol. The minimum absolute atomic E-state index is 0.281. The van der Waals surface area contributed by atoms with Gasteiger partial charge >= 0.3 is 0 Å². The molecular formula is C9H18O3S. The fourth-order valence-corrected chi connectivity index (χ4v) is 1.22. The van der Waals surface area contributed by atoms with Crippen molar-refractivity contribution in [2.75, 3.05) is 12.9 Å². The summed E-state index contributed by atoms with van der Waals surface area (Å²) in [6, 6.07) is 0. The molecule has 4 heteroatoms. The van der Waals surface area contributed by atoms with Gasteiger partial charge in [-0.25, -0.2) is 0 Å². The van der Waals surface area contributed by atoms with Gasteiger partial charge in [0.05, 0.1) is 12.9 Å². The van der Waals surface area contributed by atoms with Crippen LogP contribution in [0.4, 0.5) is 0 Å². The Hall–Kier alpha value is -0.350. The predicted molar refractivity (Wildman–Crippen MR) is 54.1 cm³/mol. The molecule has 0 fully saturated rings. The Morgan fingerprint density at radius 2 is 1.77 bits per heavy atom. The summed E-state index contributed by atoms with van der Waals surface area (Å²) in [5.41, 5.74) is 2.59. The molecule has 0 aromatic heterocycles. The highest BCUT2D eigenvalue weighted by Gasteiger charge is 2.00. The number of hydrogen-bond acceptors (Lipinski definition) is 3. The third-order valence-electron chi connectivity index (χ3n) is 1.85. The lowest BCUT2D eigenvalue weighted by Crippen LogP contribution is -2.04. The SMILES string of the molecule is CC(C)=C(C)CCCOS(C)(=O)=O. The third-order valence-corrected chi connectivity index (χ3v) is 2.44. The molecule has 78 valence electrons. The Labute approximate surface area is 80.9 Å². The molecule has 0 spiro atoms. The molecule has 3 nitrogen and oxygen atoms in total. The average Bonchev–Trinajstić information content (AvgIpc) is 1.95. The summed E-state index contributed by atoms with van der Waals surface area (Å²) in [4.78, 5) is 0. The molecule has 0 aromatic carbocycles. The van der Waals surface area contributed by atoms with Gasteiger partial charge < -0.3 is 0 Å². The monoisotopic (exact) mass is 206 g/mol. The van der Waals surface area contributed by atoms with E-state index in [1.165, 1.54) is 11.1 Å². The second kappa shape index (κ2) is 5.40. The van der Waals surface area contributed by atoms with E-state index in [1.54, 1.807) is 0 Å². The summed E-state index contributed by atoms with van der Waals surface area (Å²) >= 11 is 0. The Bertz CT molecular complexity index is 271. The maximum Gasteiger partial charge on any atom is 0.264 e. The number of hydrogen-bond donors (Lipinski definition) is 0. The molecule has 0 saturated heterocycles. The van der Waals surface area contributed by atoms with E-state index in [0.29, 0.717) is 0 Å². The molecule has 0 aromatic rings. The quantitative estimate of drug-likeness (QED) is 0.393. The first-order valence-corrected chi connectivity index (χ1v) is 6.12. The second-order valence-electron chi connectivity index (χ2n) is 3.41. The van der Waals surface area contributed by atoms with Gasteiger partial charge in [0.2, 0.25) is 0 Å². The Morgan fingerprint density at radius 1 is 1.23 bits per heavy atom. The van der Waals surface area contributed by atoms with E-state index in [1.807, 2.05) is 13.8 Å². The van der Waals surface area contributed by atoms with Gasteiger partial charge in [-0.2, -0.15) is 8.42 Å². The van der Waals surface area contributed by atoms with Crippen LogP contribution in [0.25, 0.3) is 0 Å². The number of rotatable bonds is 5. The van der Waals surface area contributed by atoms with Crippen molar-refractivity contribution in [3.05, 3.63) is 11.1 Å². The largest absolute Gasteiger partial charge is 0.270 e. The van der Waals surface area contributed by atoms with Crippen LogP contribution >= 0.6 is 0 Å². The third kappa shape index (κ3) is 7.99. The summed E-state index contributed by atoms with van der Waals surface area (Å²) in [5, 5.41) is 0. The van der Waals surface area contributed by atoms with Crippen LogP contribution in [0.5, 0.6) is 0 Å². The zero-order valence-corrected chi connectivity index (χ0v) is 9.57. The van der Waals surface area contributed by atoms with Gasteiger partial charge in [-0.05, 0) is 33.6 Å². The zero-order chi connectivity index (χ0) is 10.5. The topological polar surface area (TPSA) is 43.4 Å². The van der Waals surface area contributed by atoms with Crippen molar-refractivity contribution in [1.29, 1.82) is 0 Å². The van der Waals surface area contributed by atoms with Crippen LogP contribution in [0.3, 0.4) is 0 Å². The van der Waals surface area contributed by atoms with Crippen molar-refractivity contribution < 1.29 is 12.6 Å². The summed E-state index contributed by atoms with van der Waals surface area (Å²) in [5.74, 6) is 0. The maximum absolute atomic E-state index is 10.6. The molecule has 0 aliphatic rings. The fourth-order valence-electron chi connectivity index (χ4n) is 0.798. The molecule has 0 radical (unpaired) electrons. The molecule has 0 heterocycles. The fraction of sp³-hybridized carbons (Fsp3) is 0.778. The smallest absolute Gasteiger partial charge is 0.264 e. The first-order valence-electron chi connectivity index (χ1n) is 4.30. The molecule has 0 bridgehead atoms. The Balaban J connectivity index is 3.66. The van der Waals surface area contributed by atoms with Gasteiger partial charge in [-0.15, -0.1) is 0 Å². The molecule has 0 atom stereocenters. The van der Waals surface area contributed by atoms with Gasteiger partial charge in [0.25, 0.3) is 10.1 Å². The van der Waals surface area contributed by atoms with Crippen molar-refractivity contribution in [1.82, 2.24) is 0 Å². The maximum atomic E-state index is 10.6. The first kappa shape index (κ1) is 12.7. The summed E-state index contributed by atoms with van der Waals surface area (Å²) in [6.45, 7) is 6.43. The van der Waals surface area contributed by atoms with Gasteiger partial charge in [-0.1, -0.05) is 11.1 Å². The molecule has 0 amide bonds. The summed E-state index contributed by atoms with van der Waals surface area (Å²) < 4.78 is 25.8. The zero-order valence-electron chi connectivity index (χ0n) is 8.75. The van der Waals surface area contributed by atoms with Crippen molar-refractivity contribution in [3.8, 4) is 0 Å². The van der Waals surface area contributed by atoms with E-state index in [0.717, 1.165) is 19.1 Å². The second-order valence-corrected chi connectivity index (χ2v) is 5.05. The van der Waals surface area contributed by atoms with Gasteiger partial charge in [0.15, 0.2) is 0 Å². The van der Waals surface area contributed by atoms with Crippen LogP contribution in [0.1, 0.15) is 33.6 Å². The highest BCUT2D eigenvalue weighted by Crippen LogP contribution is 2.09. The van der Waals surface area contributed by atoms with Crippen molar-refractivity contribution >= 4 is 10.1 Å². The molecule has 0 saturated carbocycles. The van der Waals surface area contributed by atoms with Crippen LogP contribution in [-0.2, 0) is 14.3 Å². The first-order chi connectivity index (χ1) is 5.83. The summed E-state index contributed by atoms with van der Waals surface area (Å²) in [6.07, 6.45) is 2.72. The van der Waals surface area contributed by atoms with E-state index in [-0.39, 0.29) is 6.61 Å². The number of allylic oxidation sites excluding steroid dienone is 2. The molecule has 0 aliphatic heterocycles. The molecule has 13 heavy (non-hydrogen) atoms. The van der Waals surface area contributed by atoms with Crippen LogP contribution in [0.2, 0.25) is 0 Å².